The number of benzene rings is 1. The summed E-state index contributed by atoms with van der Waals surface area (Å²) in [5.41, 5.74) is -0.729. The van der Waals surface area contributed by atoms with Gasteiger partial charge in [0.2, 0.25) is 0 Å². The summed E-state index contributed by atoms with van der Waals surface area (Å²) in [7, 11) is 0. The van der Waals surface area contributed by atoms with Gasteiger partial charge in [0.15, 0.2) is 17.1 Å². The number of nitrogens with zero attached hydrogens (tertiary/aromatic N) is 1. The molecule has 2 aromatic rings. The number of ether oxygens (including phenoxy) is 1. The largest absolute Gasteiger partial charge is 0.448 e. The van der Waals surface area contributed by atoms with Crippen LogP contribution in [0.2, 0.25) is 0 Å². The average Bonchev–Trinajstić information content (AvgIpc) is 3.23. The second-order valence-electron chi connectivity index (χ2n) is 7.43. The predicted octanol–water partition coefficient (Wildman–Crippen LogP) is 2.63. The van der Waals surface area contributed by atoms with Crippen LogP contribution in [0.4, 0.5) is 8.78 Å². The minimum atomic E-state index is -1.02. The molecule has 5 rings (SSSR count). The molecule has 1 aromatic heterocycles. The molecule has 1 spiro atoms. The number of rotatable bonds is 3. The van der Waals surface area contributed by atoms with Crippen LogP contribution < -0.4 is 5.32 Å². The summed E-state index contributed by atoms with van der Waals surface area (Å²) >= 11 is 0. The Labute approximate surface area is 153 Å². The number of hydrogen-bond donors (Lipinski definition) is 1. The Morgan fingerprint density at radius 2 is 2.00 bits per heavy atom. The molecule has 2 fully saturated rings. The molecule has 1 saturated heterocycles. The van der Waals surface area contributed by atoms with E-state index in [0.29, 0.717) is 43.5 Å². The number of carbonyl (C=O) groups excluding carboxylic acids is 2. The van der Waals surface area contributed by atoms with Crippen LogP contribution >= 0.6 is 0 Å². The molecule has 27 heavy (non-hydrogen) atoms. The van der Waals surface area contributed by atoms with E-state index in [2.05, 4.69) is 10.3 Å². The van der Waals surface area contributed by atoms with Crippen molar-refractivity contribution in [3.63, 3.8) is 0 Å². The minimum absolute atomic E-state index is 0.153. The van der Waals surface area contributed by atoms with Gasteiger partial charge in [-0.1, -0.05) is 6.07 Å². The Hall–Kier alpha value is -2.67. The maximum atomic E-state index is 14.4. The van der Waals surface area contributed by atoms with E-state index in [1.54, 1.807) is 6.07 Å². The highest BCUT2D eigenvalue weighted by atomic mass is 19.1. The normalized spacial score (nSPS) is 24.7. The Balaban J connectivity index is 1.64. The predicted molar refractivity (Wildman–Crippen MR) is 90.4 cm³/mol. The SMILES string of the molecule is O=C1O[C@]2(CCNC2)c2c(C(=O)C3(c4ccc(F)cc4F)CC3)ccnc21. The van der Waals surface area contributed by atoms with E-state index >= 15 is 0 Å². The second-order valence-corrected chi connectivity index (χ2v) is 7.43. The summed E-state index contributed by atoms with van der Waals surface area (Å²) in [6.45, 7) is 1.07. The molecule has 1 aliphatic carbocycles. The second kappa shape index (κ2) is 5.42. The molecule has 3 aliphatic rings. The van der Waals surface area contributed by atoms with Gasteiger partial charge in [0.05, 0.1) is 5.41 Å². The van der Waals surface area contributed by atoms with E-state index in [0.717, 1.165) is 12.1 Å². The number of fused-ring (bicyclic) bond motifs is 2. The summed E-state index contributed by atoms with van der Waals surface area (Å²) < 4.78 is 33.3. The Morgan fingerprint density at radius 3 is 2.67 bits per heavy atom. The standard InChI is InChI=1S/C20H16F2N2O3/c21-11-1-2-13(14(22)9-11)19(4-5-19)17(25)12-3-7-24-16-15(12)20(27-18(16)26)6-8-23-10-20/h1-3,7,9,23H,4-6,8,10H2/t20-/m0/s1. The monoisotopic (exact) mass is 370 g/mol. The van der Waals surface area contributed by atoms with E-state index in [-0.39, 0.29) is 17.0 Å². The van der Waals surface area contributed by atoms with E-state index in [1.165, 1.54) is 12.3 Å². The lowest BCUT2D eigenvalue weighted by atomic mass is 9.81. The highest BCUT2D eigenvalue weighted by Crippen LogP contribution is 2.53. The number of nitrogens with one attached hydrogen (secondary N) is 1. The number of aromatic nitrogens is 1. The van der Waals surface area contributed by atoms with E-state index in [1.807, 2.05) is 0 Å². The third kappa shape index (κ3) is 2.21. The van der Waals surface area contributed by atoms with Gasteiger partial charge in [-0.05, 0) is 31.5 Å². The first kappa shape index (κ1) is 16.5. The molecule has 1 saturated carbocycles. The van der Waals surface area contributed by atoms with Crippen LogP contribution in [0.25, 0.3) is 0 Å². The number of pyridine rings is 1. The van der Waals surface area contributed by atoms with Crippen molar-refractivity contribution in [1.82, 2.24) is 10.3 Å². The average molecular weight is 370 g/mol. The molecule has 1 N–H and O–H groups in total. The topological polar surface area (TPSA) is 68.3 Å². The lowest BCUT2D eigenvalue weighted by molar-refractivity contribution is 0.00115. The van der Waals surface area contributed by atoms with Crippen molar-refractivity contribution in [2.75, 3.05) is 13.1 Å². The van der Waals surface area contributed by atoms with Crippen LogP contribution in [-0.2, 0) is 15.8 Å². The summed E-state index contributed by atoms with van der Waals surface area (Å²) in [4.78, 5) is 29.9. The number of esters is 1. The number of halogens is 2. The molecule has 1 atom stereocenters. The maximum Gasteiger partial charge on any atom is 0.358 e. The van der Waals surface area contributed by atoms with Gasteiger partial charge in [0.1, 0.15) is 11.6 Å². The molecule has 0 unspecified atom stereocenters. The van der Waals surface area contributed by atoms with Crippen LogP contribution in [0, 0.1) is 11.6 Å². The van der Waals surface area contributed by atoms with Crippen molar-refractivity contribution < 1.29 is 23.1 Å². The van der Waals surface area contributed by atoms with E-state index < -0.39 is 28.6 Å². The summed E-state index contributed by atoms with van der Waals surface area (Å²) in [6, 6.07) is 4.88. The van der Waals surface area contributed by atoms with Gasteiger partial charge in [0.25, 0.3) is 0 Å². The van der Waals surface area contributed by atoms with Crippen LogP contribution in [0.3, 0.4) is 0 Å². The summed E-state index contributed by atoms with van der Waals surface area (Å²) in [5, 5.41) is 3.17. The smallest absolute Gasteiger partial charge is 0.358 e. The van der Waals surface area contributed by atoms with Crippen molar-refractivity contribution in [2.45, 2.75) is 30.3 Å². The van der Waals surface area contributed by atoms with Crippen LogP contribution in [-0.4, -0.2) is 29.8 Å². The van der Waals surface area contributed by atoms with Crippen molar-refractivity contribution in [2.24, 2.45) is 0 Å². The zero-order valence-corrected chi connectivity index (χ0v) is 14.4. The van der Waals surface area contributed by atoms with Crippen molar-refractivity contribution in [3.05, 3.63) is 64.5 Å². The van der Waals surface area contributed by atoms with Gasteiger partial charge in [-0.15, -0.1) is 0 Å². The third-order valence-corrected chi connectivity index (χ3v) is 5.88. The van der Waals surface area contributed by atoms with E-state index in [4.69, 9.17) is 4.74 Å². The first-order chi connectivity index (χ1) is 13.0. The zero-order valence-electron chi connectivity index (χ0n) is 14.4. The number of ketones is 1. The molecule has 3 heterocycles. The fourth-order valence-electron chi connectivity index (χ4n) is 4.39. The van der Waals surface area contributed by atoms with Gasteiger partial charge in [-0.2, -0.15) is 0 Å². The molecular weight excluding hydrogens is 354 g/mol. The van der Waals surface area contributed by atoms with Gasteiger partial charge in [-0.3, -0.25) is 4.79 Å². The number of carbonyl (C=O) groups is 2. The lowest BCUT2D eigenvalue weighted by Crippen LogP contribution is -2.32. The van der Waals surface area contributed by atoms with Crippen molar-refractivity contribution >= 4 is 11.8 Å². The van der Waals surface area contributed by atoms with Crippen LogP contribution in [0.15, 0.2) is 30.5 Å². The van der Waals surface area contributed by atoms with Crippen molar-refractivity contribution in [3.8, 4) is 0 Å². The van der Waals surface area contributed by atoms with Gasteiger partial charge in [0, 0.05) is 41.9 Å². The van der Waals surface area contributed by atoms with Crippen molar-refractivity contribution in [1.29, 1.82) is 0 Å². The van der Waals surface area contributed by atoms with Crippen LogP contribution in [0.1, 0.15) is 51.2 Å². The fraction of sp³-hybridized carbons (Fsp3) is 0.350. The highest BCUT2D eigenvalue weighted by Gasteiger charge is 2.57. The molecule has 7 heteroatoms. The molecule has 2 aliphatic heterocycles. The fourth-order valence-corrected chi connectivity index (χ4v) is 4.39. The maximum absolute atomic E-state index is 14.4. The quantitative estimate of drug-likeness (QED) is 0.665. The first-order valence-corrected chi connectivity index (χ1v) is 8.91. The number of hydrogen-bond acceptors (Lipinski definition) is 5. The van der Waals surface area contributed by atoms with Crippen LogP contribution in [0.5, 0.6) is 0 Å². The van der Waals surface area contributed by atoms with Gasteiger partial charge < -0.3 is 10.1 Å². The molecule has 1 aromatic carbocycles. The Kier molecular flexibility index (Phi) is 3.31. The first-order valence-electron chi connectivity index (χ1n) is 8.91. The zero-order chi connectivity index (χ0) is 18.8. The Morgan fingerprint density at radius 1 is 1.19 bits per heavy atom. The van der Waals surface area contributed by atoms with Gasteiger partial charge >= 0.3 is 5.97 Å². The number of Topliss-reactive ketones (excluding diaryl/α,β-unsaturated/α-hetero) is 1. The Bertz CT molecular complexity index is 995. The third-order valence-electron chi connectivity index (χ3n) is 5.88. The molecular formula is C20H16F2N2O3. The van der Waals surface area contributed by atoms with E-state index in [9.17, 15) is 18.4 Å². The lowest BCUT2D eigenvalue weighted by Gasteiger charge is -2.25. The molecule has 0 radical (unpaired) electrons. The molecule has 5 nitrogen and oxygen atoms in total. The summed E-state index contributed by atoms with van der Waals surface area (Å²) in [5.74, 6) is -2.22. The highest BCUT2D eigenvalue weighted by molar-refractivity contribution is 6.09. The molecule has 0 amide bonds. The summed E-state index contributed by atoms with van der Waals surface area (Å²) in [6.07, 6.45) is 2.92. The minimum Gasteiger partial charge on any atom is -0.448 e. The molecule has 138 valence electrons. The molecule has 0 bridgehead atoms. The van der Waals surface area contributed by atoms with Gasteiger partial charge in [-0.25, -0.2) is 18.6 Å².